The van der Waals surface area contributed by atoms with E-state index in [1.807, 2.05) is 0 Å². The van der Waals surface area contributed by atoms with Gasteiger partial charge >= 0.3 is 6.30 Å². The number of halogens is 5. The third-order valence-corrected chi connectivity index (χ3v) is 4.02. The van der Waals surface area contributed by atoms with Crippen LogP contribution in [0.1, 0.15) is 43.7 Å². The summed E-state index contributed by atoms with van der Waals surface area (Å²) in [4.78, 5) is 0.344. The fourth-order valence-corrected chi connectivity index (χ4v) is 3.00. The number of rotatable bonds is 1. The second kappa shape index (κ2) is 5.00. The Kier molecular flexibility index (Phi) is 3.42. The van der Waals surface area contributed by atoms with E-state index in [4.69, 9.17) is 0 Å². The number of piperidine rings is 1. The van der Waals surface area contributed by atoms with E-state index in [2.05, 4.69) is 0 Å². The van der Waals surface area contributed by atoms with Crippen molar-refractivity contribution in [3.63, 3.8) is 0 Å². The summed E-state index contributed by atoms with van der Waals surface area (Å²) >= 11 is 0. The minimum absolute atomic E-state index is 0.163. The molecule has 3 rings (SSSR count). The van der Waals surface area contributed by atoms with Crippen molar-refractivity contribution in [3.8, 4) is 0 Å². The van der Waals surface area contributed by atoms with Gasteiger partial charge in [0.1, 0.15) is 0 Å². The molecule has 1 nitrogen and oxygen atoms in total. The summed E-state index contributed by atoms with van der Waals surface area (Å²) in [5.74, 6) is -2.29. The standard InChI is InChI=1S/C15H14F5N/c16-11-4-1-3-10(14(11)17)13-6-2-5-12(9-7-8-9)21(13)15(18,19)20/h1,3-4,13H,2,5-8H2. The monoisotopic (exact) mass is 303 g/mol. The summed E-state index contributed by atoms with van der Waals surface area (Å²) < 4.78 is 67.5. The number of nitrogens with zero attached hydrogens (tertiary/aromatic N) is 1. The van der Waals surface area contributed by atoms with Crippen LogP contribution in [0.15, 0.2) is 29.5 Å². The van der Waals surface area contributed by atoms with Gasteiger partial charge in [-0.3, -0.25) is 4.90 Å². The molecular formula is C15H14F5N. The van der Waals surface area contributed by atoms with Crippen molar-refractivity contribution in [2.24, 2.45) is 0 Å². The van der Waals surface area contributed by atoms with Crippen LogP contribution in [0.25, 0.3) is 0 Å². The molecule has 1 aliphatic carbocycles. The van der Waals surface area contributed by atoms with Gasteiger partial charge in [0.15, 0.2) is 11.6 Å². The quantitative estimate of drug-likeness (QED) is 0.518. The zero-order chi connectivity index (χ0) is 15.2. The zero-order valence-electron chi connectivity index (χ0n) is 11.2. The van der Waals surface area contributed by atoms with Gasteiger partial charge in [0, 0.05) is 11.3 Å². The third-order valence-electron chi connectivity index (χ3n) is 4.02. The third kappa shape index (κ3) is 2.63. The lowest BCUT2D eigenvalue weighted by Gasteiger charge is -2.40. The summed E-state index contributed by atoms with van der Waals surface area (Å²) in [6.45, 7) is 0. The first kappa shape index (κ1) is 14.4. The fraction of sp³-hybridized carbons (Fsp3) is 0.467. The van der Waals surface area contributed by atoms with Gasteiger partial charge in [0.25, 0.3) is 0 Å². The first-order valence-electron chi connectivity index (χ1n) is 6.90. The highest BCUT2D eigenvalue weighted by atomic mass is 19.4. The topological polar surface area (TPSA) is 3.24 Å². The molecule has 6 heteroatoms. The van der Waals surface area contributed by atoms with Crippen LogP contribution in [0, 0.1) is 11.6 Å². The minimum Gasteiger partial charge on any atom is -0.281 e. The van der Waals surface area contributed by atoms with Crippen LogP contribution in [0.5, 0.6) is 0 Å². The van der Waals surface area contributed by atoms with Crippen molar-refractivity contribution in [2.45, 2.75) is 44.4 Å². The average molecular weight is 303 g/mol. The molecular weight excluding hydrogens is 289 g/mol. The first-order valence-corrected chi connectivity index (χ1v) is 6.90. The van der Waals surface area contributed by atoms with E-state index in [9.17, 15) is 22.0 Å². The Balaban J connectivity index is 2.07. The first-order chi connectivity index (χ1) is 9.89. The van der Waals surface area contributed by atoms with Gasteiger partial charge in [-0.05, 0) is 38.2 Å². The van der Waals surface area contributed by atoms with E-state index in [1.54, 1.807) is 0 Å². The molecule has 0 spiro atoms. The molecule has 0 amide bonds. The maximum atomic E-state index is 13.9. The largest absolute Gasteiger partial charge is 0.485 e. The summed E-state index contributed by atoms with van der Waals surface area (Å²) in [6, 6.07) is 2.22. The Morgan fingerprint density at radius 2 is 1.76 bits per heavy atom. The van der Waals surface area contributed by atoms with Crippen molar-refractivity contribution in [1.82, 2.24) is 4.90 Å². The van der Waals surface area contributed by atoms with Crippen LogP contribution < -0.4 is 0 Å². The van der Waals surface area contributed by atoms with Crippen molar-refractivity contribution >= 4 is 0 Å². The second-order valence-electron chi connectivity index (χ2n) is 5.44. The highest BCUT2D eigenvalue weighted by Gasteiger charge is 2.47. The lowest BCUT2D eigenvalue weighted by molar-refractivity contribution is -0.251. The van der Waals surface area contributed by atoms with E-state index in [-0.39, 0.29) is 17.7 Å². The van der Waals surface area contributed by atoms with Crippen LogP contribution in [-0.4, -0.2) is 11.2 Å². The van der Waals surface area contributed by atoms with Gasteiger partial charge in [0.2, 0.25) is 0 Å². The summed E-state index contributed by atoms with van der Waals surface area (Å²) in [5.41, 5.74) is 0.821. The zero-order valence-corrected chi connectivity index (χ0v) is 11.2. The van der Waals surface area contributed by atoms with E-state index in [0.29, 0.717) is 30.6 Å². The minimum atomic E-state index is -4.59. The molecule has 1 saturated heterocycles. The van der Waals surface area contributed by atoms with Crippen LogP contribution in [-0.2, 0) is 0 Å². The maximum absolute atomic E-state index is 13.9. The molecule has 0 radical (unpaired) electrons. The molecule has 1 aromatic carbocycles. The number of alkyl halides is 3. The second-order valence-corrected chi connectivity index (χ2v) is 5.44. The van der Waals surface area contributed by atoms with Gasteiger partial charge in [-0.1, -0.05) is 17.7 Å². The molecule has 0 aromatic heterocycles. The Morgan fingerprint density at radius 3 is 2.38 bits per heavy atom. The van der Waals surface area contributed by atoms with E-state index >= 15 is 0 Å². The highest BCUT2D eigenvalue weighted by Crippen LogP contribution is 2.48. The molecule has 2 aliphatic rings. The van der Waals surface area contributed by atoms with Crippen LogP contribution >= 0.6 is 0 Å². The maximum Gasteiger partial charge on any atom is 0.485 e. The molecule has 1 aromatic rings. The number of hydrogen-bond acceptors (Lipinski definition) is 1. The Hall–Kier alpha value is -1.59. The number of hydrogen-bond donors (Lipinski definition) is 0. The predicted octanol–water partition coefficient (Wildman–Crippen LogP) is 5.06. The molecule has 1 saturated carbocycles. The van der Waals surface area contributed by atoms with Crippen LogP contribution in [0.3, 0.4) is 0 Å². The number of likely N-dealkylation sites (tertiary alicyclic amines) is 1. The molecule has 21 heavy (non-hydrogen) atoms. The van der Waals surface area contributed by atoms with E-state index in [0.717, 1.165) is 11.6 Å². The fourth-order valence-electron chi connectivity index (χ4n) is 3.00. The number of allylic oxidation sites excluding steroid dienone is 2. The molecule has 2 fully saturated rings. The van der Waals surface area contributed by atoms with E-state index in [1.165, 1.54) is 12.1 Å². The lowest BCUT2D eigenvalue weighted by Crippen LogP contribution is -2.42. The smallest absolute Gasteiger partial charge is 0.281 e. The predicted molar refractivity (Wildman–Crippen MR) is 67.1 cm³/mol. The van der Waals surface area contributed by atoms with Gasteiger partial charge in [-0.25, -0.2) is 8.78 Å². The van der Waals surface area contributed by atoms with Crippen molar-refractivity contribution in [3.05, 3.63) is 46.7 Å². The molecule has 114 valence electrons. The van der Waals surface area contributed by atoms with Crippen molar-refractivity contribution in [1.29, 1.82) is 0 Å². The lowest BCUT2D eigenvalue weighted by atomic mass is 9.92. The molecule has 1 atom stereocenters. The summed E-state index contributed by atoms with van der Waals surface area (Å²) in [7, 11) is 0. The average Bonchev–Trinajstić information content (AvgIpc) is 3.24. The molecule has 1 aliphatic heterocycles. The molecule has 1 heterocycles. The molecule has 0 bridgehead atoms. The Morgan fingerprint density at radius 1 is 1.05 bits per heavy atom. The SMILES string of the molecule is Fc1cccc(C2CCCC(=C3CC3)N2C(F)(F)F)c1F. The summed E-state index contributed by atoms with van der Waals surface area (Å²) in [5, 5.41) is 0. The molecule has 0 N–H and O–H groups in total. The molecule has 1 unspecified atom stereocenters. The number of benzene rings is 1. The normalized spacial score (nSPS) is 22.7. The Bertz CT molecular complexity index is 584. The van der Waals surface area contributed by atoms with Crippen molar-refractivity contribution in [2.75, 3.05) is 0 Å². The van der Waals surface area contributed by atoms with Crippen LogP contribution in [0.2, 0.25) is 0 Å². The van der Waals surface area contributed by atoms with Gasteiger partial charge in [-0.2, -0.15) is 13.2 Å². The van der Waals surface area contributed by atoms with Gasteiger partial charge < -0.3 is 0 Å². The van der Waals surface area contributed by atoms with Gasteiger partial charge in [0.05, 0.1) is 6.04 Å². The van der Waals surface area contributed by atoms with E-state index < -0.39 is 24.0 Å². The van der Waals surface area contributed by atoms with Crippen molar-refractivity contribution < 1.29 is 22.0 Å². The van der Waals surface area contributed by atoms with Gasteiger partial charge in [-0.15, -0.1) is 0 Å². The highest BCUT2D eigenvalue weighted by molar-refractivity contribution is 5.30. The van der Waals surface area contributed by atoms with Crippen LogP contribution in [0.4, 0.5) is 22.0 Å². The summed E-state index contributed by atoms with van der Waals surface area (Å²) in [6.07, 6.45) is -2.19. The Labute approximate surface area is 119 Å².